The van der Waals surface area contributed by atoms with Gasteiger partial charge in [-0.2, -0.15) is 0 Å². The summed E-state index contributed by atoms with van der Waals surface area (Å²) in [5, 5.41) is 13.2. The van der Waals surface area contributed by atoms with Crippen molar-refractivity contribution in [1.82, 2.24) is 10.2 Å². The van der Waals surface area contributed by atoms with E-state index in [0.717, 1.165) is 43.9 Å². The number of phenols is 1. The molecule has 0 aromatic heterocycles. The van der Waals surface area contributed by atoms with Gasteiger partial charge in [-0.25, -0.2) is 0 Å². The molecule has 100 valence electrons. The topological polar surface area (TPSA) is 44.7 Å². The summed E-state index contributed by atoms with van der Waals surface area (Å²) in [6.45, 7) is 6.12. The van der Waals surface area contributed by atoms with E-state index in [1.165, 1.54) is 0 Å². The first-order chi connectivity index (χ1) is 8.74. The second kappa shape index (κ2) is 6.07. The number of benzene rings is 1. The molecule has 1 aromatic rings. The Hall–Kier alpha value is -1.26. The van der Waals surface area contributed by atoms with E-state index in [1.807, 2.05) is 6.07 Å². The lowest BCUT2D eigenvalue weighted by atomic mass is 10.1. The molecule has 0 bridgehead atoms. The minimum absolute atomic E-state index is 0.351. The average molecular weight is 250 g/mol. The highest BCUT2D eigenvalue weighted by Crippen LogP contribution is 2.25. The molecular weight excluding hydrogens is 228 g/mol. The van der Waals surface area contributed by atoms with Crippen molar-refractivity contribution in [3.05, 3.63) is 23.8 Å². The van der Waals surface area contributed by atoms with Gasteiger partial charge in [0, 0.05) is 31.2 Å². The Labute approximate surface area is 109 Å². The lowest BCUT2D eigenvalue weighted by Crippen LogP contribution is -2.56. The van der Waals surface area contributed by atoms with Crippen molar-refractivity contribution in [1.29, 1.82) is 0 Å². The van der Waals surface area contributed by atoms with Crippen molar-refractivity contribution in [3.63, 3.8) is 0 Å². The maximum atomic E-state index is 9.92. The van der Waals surface area contributed by atoms with Crippen molar-refractivity contribution >= 4 is 0 Å². The molecule has 0 radical (unpaired) electrons. The standard InChI is InChI=1S/C14H22N2O2/c1-3-6-16(12-8-15-9-12)10-11-7-13(18-2)4-5-14(11)17/h4-5,7,12,15,17H,3,6,8-10H2,1-2H3. The predicted octanol–water partition coefficient (Wildman–Crippen LogP) is 1.58. The number of nitrogens with zero attached hydrogens (tertiary/aromatic N) is 1. The largest absolute Gasteiger partial charge is 0.508 e. The third kappa shape index (κ3) is 2.94. The van der Waals surface area contributed by atoms with Crippen LogP contribution in [-0.2, 0) is 6.54 Å². The Morgan fingerprint density at radius 3 is 2.78 bits per heavy atom. The van der Waals surface area contributed by atoms with Crippen molar-refractivity contribution in [2.45, 2.75) is 25.9 Å². The molecule has 0 spiro atoms. The molecule has 0 atom stereocenters. The highest BCUT2D eigenvalue weighted by atomic mass is 16.5. The third-order valence-corrected chi connectivity index (χ3v) is 3.45. The van der Waals surface area contributed by atoms with E-state index >= 15 is 0 Å². The van der Waals surface area contributed by atoms with Crippen molar-refractivity contribution in [2.24, 2.45) is 0 Å². The number of rotatable bonds is 6. The molecule has 4 heteroatoms. The fourth-order valence-electron chi connectivity index (χ4n) is 2.24. The monoisotopic (exact) mass is 250 g/mol. The fraction of sp³-hybridized carbons (Fsp3) is 0.571. The van der Waals surface area contributed by atoms with E-state index in [2.05, 4.69) is 17.1 Å². The summed E-state index contributed by atoms with van der Waals surface area (Å²) in [6, 6.07) is 6.01. The Balaban J connectivity index is 2.09. The summed E-state index contributed by atoms with van der Waals surface area (Å²) in [5.41, 5.74) is 0.940. The van der Waals surface area contributed by atoms with Gasteiger partial charge in [-0.1, -0.05) is 6.92 Å². The highest BCUT2D eigenvalue weighted by Gasteiger charge is 2.24. The molecule has 2 N–H and O–H groups in total. The number of ether oxygens (including phenoxy) is 1. The molecule has 0 aliphatic carbocycles. The van der Waals surface area contributed by atoms with Gasteiger partial charge in [0.1, 0.15) is 11.5 Å². The molecule has 18 heavy (non-hydrogen) atoms. The van der Waals surface area contributed by atoms with Gasteiger partial charge in [-0.15, -0.1) is 0 Å². The Bertz CT molecular complexity index is 391. The van der Waals surface area contributed by atoms with Crippen LogP contribution in [-0.4, -0.2) is 42.8 Å². The summed E-state index contributed by atoms with van der Waals surface area (Å²) in [5.74, 6) is 1.15. The first-order valence-corrected chi connectivity index (χ1v) is 6.55. The van der Waals surface area contributed by atoms with Crippen molar-refractivity contribution in [3.8, 4) is 11.5 Å². The SMILES string of the molecule is CCCN(Cc1cc(OC)ccc1O)C1CNC1. The molecule has 1 aliphatic rings. The summed E-state index contributed by atoms with van der Waals surface area (Å²) in [6.07, 6.45) is 1.13. The van der Waals surface area contributed by atoms with Crippen LogP contribution < -0.4 is 10.1 Å². The normalized spacial score (nSPS) is 15.7. The van der Waals surface area contributed by atoms with Crippen molar-refractivity contribution in [2.75, 3.05) is 26.7 Å². The number of methoxy groups -OCH3 is 1. The number of hydrogen-bond acceptors (Lipinski definition) is 4. The number of aromatic hydroxyl groups is 1. The van der Waals surface area contributed by atoms with Gasteiger partial charge in [-0.3, -0.25) is 4.90 Å². The molecule has 1 saturated heterocycles. The molecule has 1 heterocycles. The minimum Gasteiger partial charge on any atom is -0.508 e. The lowest BCUT2D eigenvalue weighted by molar-refractivity contribution is 0.136. The molecule has 0 amide bonds. The second-order valence-electron chi connectivity index (χ2n) is 4.78. The Morgan fingerprint density at radius 1 is 1.44 bits per heavy atom. The van der Waals surface area contributed by atoms with Crippen LogP contribution in [0.5, 0.6) is 11.5 Å². The van der Waals surface area contributed by atoms with Crippen LogP contribution in [0.1, 0.15) is 18.9 Å². The van der Waals surface area contributed by atoms with Gasteiger partial charge in [-0.05, 0) is 31.2 Å². The van der Waals surface area contributed by atoms with E-state index in [4.69, 9.17) is 4.74 Å². The summed E-state index contributed by atoms with van der Waals surface area (Å²) < 4.78 is 5.21. The summed E-state index contributed by atoms with van der Waals surface area (Å²) in [7, 11) is 1.65. The summed E-state index contributed by atoms with van der Waals surface area (Å²) in [4.78, 5) is 2.42. The zero-order valence-corrected chi connectivity index (χ0v) is 11.1. The second-order valence-corrected chi connectivity index (χ2v) is 4.78. The zero-order chi connectivity index (χ0) is 13.0. The van der Waals surface area contributed by atoms with E-state index < -0.39 is 0 Å². The lowest BCUT2D eigenvalue weighted by Gasteiger charge is -2.38. The first kappa shape index (κ1) is 13.2. The average Bonchev–Trinajstić information content (AvgIpc) is 2.30. The van der Waals surface area contributed by atoms with E-state index in [1.54, 1.807) is 19.2 Å². The molecule has 0 saturated carbocycles. The smallest absolute Gasteiger partial charge is 0.120 e. The van der Waals surface area contributed by atoms with Gasteiger partial charge in [0.25, 0.3) is 0 Å². The van der Waals surface area contributed by atoms with Gasteiger partial charge in [0.15, 0.2) is 0 Å². The zero-order valence-electron chi connectivity index (χ0n) is 11.1. The minimum atomic E-state index is 0.351. The van der Waals surface area contributed by atoms with Gasteiger partial charge >= 0.3 is 0 Å². The van der Waals surface area contributed by atoms with Gasteiger partial charge in [0.2, 0.25) is 0 Å². The number of nitrogens with one attached hydrogen (secondary N) is 1. The quantitative estimate of drug-likeness (QED) is 0.804. The van der Waals surface area contributed by atoms with Crippen LogP contribution in [0.25, 0.3) is 0 Å². The third-order valence-electron chi connectivity index (χ3n) is 3.45. The van der Waals surface area contributed by atoms with Gasteiger partial charge in [0.05, 0.1) is 7.11 Å². The molecule has 1 aliphatic heterocycles. The maximum Gasteiger partial charge on any atom is 0.120 e. The summed E-state index contributed by atoms with van der Waals surface area (Å²) >= 11 is 0. The molecule has 4 nitrogen and oxygen atoms in total. The van der Waals surface area contributed by atoms with E-state index in [-0.39, 0.29) is 0 Å². The van der Waals surface area contributed by atoms with Crippen LogP contribution >= 0.6 is 0 Å². The Morgan fingerprint density at radius 2 is 2.22 bits per heavy atom. The van der Waals surface area contributed by atoms with Crippen LogP contribution in [0.3, 0.4) is 0 Å². The molecular formula is C14H22N2O2. The molecule has 0 unspecified atom stereocenters. The maximum absolute atomic E-state index is 9.92. The van der Waals surface area contributed by atoms with Gasteiger partial charge < -0.3 is 15.2 Å². The van der Waals surface area contributed by atoms with Crippen LogP contribution in [0.15, 0.2) is 18.2 Å². The van der Waals surface area contributed by atoms with Crippen LogP contribution in [0, 0.1) is 0 Å². The highest BCUT2D eigenvalue weighted by molar-refractivity contribution is 5.39. The fourth-order valence-corrected chi connectivity index (χ4v) is 2.24. The van der Waals surface area contributed by atoms with E-state index in [9.17, 15) is 5.11 Å². The molecule has 1 fully saturated rings. The molecule has 2 rings (SSSR count). The van der Waals surface area contributed by atoms with Crippen molar-refractivity contribution < 1.29 is 9.84 Å². The van der Waals surface area contributed by atoms with Crippen LogP contribution in [0.2, 0.25) is 0 Å². The first-order valence-electron chi connectivity index (χ1n) is 6.55. The predicted molar refractivity (Wildman–Crippen MR) is 72.0 cm³/mol. The number of phenolic OH excluding ortho intramolecular Hbond substituents is 1. The Kier molecular flexibility index (Phi) is 4.44. The van der Waals surface area contributed by atoms with Crippen LogP contribution in [0.4, 0.5) is 0 Å². The number of hydrogen-bond donors (Lipinski definition) is 2. The van der Waals surface area contributed by atoms with E-state index in [0.29, 0.717) is 11.8 Å². The molecule has 1 aromatic carbocycles.